The van der Waals surface area contributed by atoms with Crippen molar-refractivity contribution in [2.45, 2.75) is 45.6 Å². The van der Waals surface area contributed by atoms with Crippen molar-refractivity contribution in [2.75, 3.05) is 25.6 Å². The van der Waals surface area contributed by atoms with Gasteiger partial charge in [0.1, 0.15) is 11.6 Å². The minimum absolute atomic E-state index is 0.0144. The van der Waals surface area contributed by atoms with E-state index < -0.39 is 0 Å². The molecule has 0 saturated carbocycles. The predicted octanol–water partition coefficient (Wildman–Crippen LogP) is 2.81. The van der Waals surface area contributed by atoms with Crippen LogP contribution in [0.25, 0.3) is 0 Å². The van der Waals surface area contributed by atoms with Crippen molar-refractivity contribution in [2.24, 2.45) is 0 Å². The Kier molecular flexibility index (Phi) is 7.56. The summed E-state index contributed by atoms with van der Waals surface area (Å²) in [5.74, 6) is 0.924. The van der Waals surface area contributed by atoms with Gasteiger partial charge in [0.05, 0.1) is 6.61 Å². The van der Waals surface area contributed by atoms with Gasteiger partial charge in [0.25, 0.3) is 0 Å². The quantitative estimate of drug-likeness (QED) is 0.596. The highest BCUT2D eigenvalue weighted by Gasteiger charge is 2.23. The van der Waals surface area contributed by atoms with Gasteiger partial charge < -0.3 is 15.0 Å². The Balaban J connectivity index is 1.67. The molecule has 1 fully saturated rings. The van der Waals surface area contributed by atoms with Crippen LogP contribution in [0.3, 0.4) is 0 Å². The summed E-state index contributed by atoms with van der Waals surface area (Å²) in [6.07, 6.45) is 2.76. The number of benzene rings is 1. The molecular weight excluding hydrogens is 340 g/mol. The third-order valence-corrected chi connectivity index (χ3v) is 4.77. The van der Waals surface area contributed by atoms with Crippen LogP contribution in [0.5, 0.6) is 5.75 Å². The number of aryl methyl sites for hydroxylation is 2. The van der Waals surface area contributed by atoms with E-state index in [1.54, 1.807) is 0 Å². The van der Waals surface area contributed by atoms with E-state index in [0.717, 1.165) is 29.7 Å². The summed E-state index contributed by atoms with van der Waals surface area (Å²) in [5, 5.41) is 2.88. The summed E-state index contributed by atoms with van der Waals surface area (Å²) in [6, 6.07) is 6.20. The molecule has 0 atom stereocenters. The molecule has 0 aromatic heterocycles. The molecule has 0 aliphatic carbocycles. The number of carbonyl (C=O) groups is 2. The predicted molar refractivity (Wildman–Crippen MR) is 99.1 cm³/mol. The Labute approximate surface area is 154 Å². The van der Waals surface area contributed by atoms with Crippen LogP contribution in [0.4, 0.5) is 0 Å². The fourth-order valence-corrected chi connectivity index (χ4v) is 3.20. The largest absolute Gasteiger partial charge is 0.493 e. The normalized spacial score (nSPS) is 15.1. The Bertz CT molecular complexity index is 578. The Morgan fingerprint density at radius 2 is 1.88 bits per heavy atom. The van der Waals surface area contributed by atoms with E-state index in [-0.39, 0.29) is 23.7 Å². The molecule has 1 N–H and O–H groups in total. The number of likely N-dealkylation sites (tertiary alicyclic amines) is 1. The van der Waals surface area contributed by atoms with Crippen LogP contribution in [0.1, 0.15) is 36.8 Å². The average Bonchev–Trinajstić information content (AvgIpc) is 2.61. The first kappa shape index (κ1) is 19.6. The summed E-state index contributed by atoms with van der Waals surface area (Å²) in [5.41, 5.74) is 2.24. The fourth-order valence-electron chi connectivity index (χ4n) is 3.12. The number of hydrogen-bond acceptors (Lipinski definition) is 3. The van der Waals surface area contributed by atoms with Gasteiger partial charge in [-0.1, -0.05) is 18.2 Å². The maximum absolute atomic E-state index is 12.3. The summed E-state index contributed by atoms with van der Waals surface area (Å²) < 4.78 is 5.85. The van der Waals surface area contributed by atoms with Gasteiger partial charge in [-0.25, -0.2) is 0 Å². The van der Waals surface area contributed by atoms with Gasteiger partial charge in [-0.3, -0.25) is 9.59 Å². The van der Waals surface area contributed by atoms with Gasteiger partial charge in [0.15, 0.2) is 0 Å². The molecule has 0 bridgehead atoms. The number of rotatable bonds is 7. The molecule has 2 rings (SSSR count). The number of ether oxygens (including phenoxy) is 1. The molecule has 2 amide bonds. The maximum atomic E-state index is 12.3. The van der Waals surface area contributed by atoms with Gasteiger partial charge in [-0.15, -0.1) is 11.6 Å². The van der Waals surface area contributed by atoms with Crippen LogP contribution in [0, 0.1) is 13.8 Å². The molecule has 25 heavy (non-hydrogen) atoms. The van der Waals surface area contributed by atoms with Gasteiger partial charge in [0, 0.05) is 25.6 Å². The number of piperidine rings is 1. The molecule has 1 aromatic rings. The molecule has 1 aliphatic rings. The van der Waals surface area contributed by atoms with E-state index in [4.69, 9.17) is 16.3 Å². The number of amides is 2. The fraction of sp³-hybridized carbons (Fsp3) is 0.579. The van der Waals surface area contributed by atoms with Crippen LogP contribution in [0.15, 0.2) is 18.2 Å². The van der Waals surface area contributed by atoms with Crippen molar-refractivity contribution >= 4 is 23.4 Å². The summed E-state index contributed by atoms with van der Waals surface area (Å²) in [7, 11) is 0. The number of alkyl halides is 1. The summed E-state index contributed by atoms with van der Waals surface area (Å²) >= 11 is 5.50. The number of nitrogens with one attached hydrogen (secondary N) is 1. The first-order chi connectivity index (χ1) is 12.0. The zero-order valence-electron chi connectivity index (χ0n) is 15.0. The molecule has 1 heterocycles. The van der Waals surface area contributed by atoms with Crippen LogP contribution in [-0.4, -0.2) is 48.3 Å². The molecule has 1 aliphatic heterocycles. The van der Waals surface area contributed by atoms with E-state index in [9.17, 15) is 9.59 Å². The van der Waals surface area contributed by atoms with E-state index >= 15 is 0 Å². The monoisotopic (exact) mass is 366 g/mol. The second-order valence-electron chi connectivity index (χ2n) is 6.53. The number of hydrogen-bond donors (Lipinski definition) is 1. The van der Waals surface area contributed by atoms with E-state index in [1.807, 2.05) is 36.9 Å². The van der Waals surface area contributed by atoms with E-state index in [2.05, 4.69) is 5.32 Å². The molecule has 0 radical (unpaired) electrons. The van der Waals surface area contributed by atoms with Crippen LogP contribution in [0.2, 0.25) is 0 Å². The van der Waals surface area contributed by atoms with E-state index in [0.29, 0.717) is 32.5 Å². The number of para-hydroxylation sites is 1. The first-order valence-corrected chi connectivity index (χ1v) is 9.37. The second-order valence-corrected chi connectivity index (χ2v) is 6.80. The highest BCUT2D eigenvalue weighted by molar-refractivity contribution is 6.27. The SMILES string of the molecule is Cc1cccc(C)c1OCCCC(=O)N1CCC(NC(=O)CCl)CC1. The van der Waals surface area contributed by atoms with Crippen LogP contribution >= 0.6 is 11.6 Å². The number of halogens is 1. The van der Waals surface area contributed by atoms with Crippen molar-refractivity contribution in [1.82, 2.24) is 10.2 Å². The Morgan fingerprint density at radius 3 is 2.48 bits per heavy atom. The third-order valence-electron chi connectivity index (χ3n) is 4.52. The molecule has 138 valence electrons. The van der Waals surface area contributed by atoms with Gasteiger partial charge in [-0.05, 0) is 44.2 Å². The van der Waals surface area contributed by atoms with Gasteiger partial charge >= 0.3 is 0 Å². The van der Waals surface area contributed by atoms with E-state index in [1.165, 1.54) is 0 Å². The molecule has 0 spiro atoms. The Hall–Kier alpha value is -1.75. The lowest BCUT2D eigenvalue weighted by Gasteiger charge is -2.32. The van der Waals surface area contributed by atoms with Crippen molar-refractivity contribution in [3.05, 3.63) is 29.3 Å². The van der Waals surface area contributed by atoms with Crippen molar-refractivity contribution in [3.63, 3.8) is 0 Å². The standard InChI is InChI=1S/C19H27ClN2O3/c1-14-5-3-6-15(2)19(14)25-12-4-7-18(24)22-10-8-16(9-11-22)21-17(23)13-20/h3,5-6,16H,4,7-13H2,1-2H3,(H,21,23). The minimum Gasteiger partial charge on any atom is -0.493 e. The van der Waals surface area contributed by atoms with Gasteiger partial charge in [0.2, 0.25) is 11.8 Å². The lowest BCUT2D eigenvalue weighted by Crippen LogP contribution is -2.46. The zero-order chi connectivity index (χ0) is 18.2. The first-order valence-electron chi connectivity index (χ1n) is 8.83. The lowest BCUT2D eigenvalue weighted by atomic mass is 10.0. The van der Waals surface area contributed by atoms with Crippen molar-refractivity contribution in [1.29, 1.82) is 0 Å². The summed E-state index contributed by atoms with van der Waals surface area (Å²) in [6.45, 7) is 5.97. The molecule has 0 unspecified atom stereocenters. The highest BCUT2D eigenvalue weighted by atomic mass is 35.5. The molecule has 1 saturated heterocycles. The summed E-state index contributed by atoms with van der Waals surface area (Å²) in [4.78, 5) is 25.5. The van der Waals surface area contributed by atoms with Crippen molar-refractivity contribution in [3.8, 4) is 5.75 Å². The highest BCUT2D eigenvalue weighted by Crippen LogP contribution is 2.22. The molecule has 6 heteroatoms. The topological polar surface area (TPSA) is 58.6 Å². The number of carbonyl (C=O) groups excluding carboxylic acids is 2. The molecule has 1 aromatic carbocycles. The molecular formula is C19H27ClN2O3. The minimum atomic E-state index is -0.143. The van der Waals surface area contributed by atoms with Crippen LogP contribution in [-0.2, 0) is 9.59 Å². The zero-order valence-corrected chi connectivity index (χ0v) is 15.8. The lowest BCUT2D eigenvalue weighted by molar-refractivity contribution is -0.132. The molecule has 5 nitrogen and oxygen atoms in total. The van der Waals surface area contributed by atoms with Crippen LogP contribution < -0.4 is 10.1 Å². The van der Waals surface area contributed by atoms with Gasteiger partial charge in [-0.2, -0.15) is 0 Å². The third kappa shape index (κ3) is 5.92. The van der Waals surface area contributed by atoms with Crippen molar-refractivity contribution < 1.29 is 14.3 Å². The maximum Gasteiger partial charge on any atom is 0.235 e. The Morgan fingerprint density at radius 1 is 1.24 bits per heavy atom. The number of nitrogens with zero attached hydrogens (tertiary/aromatic N) is 1. The smallest absolute Gasteiger partial charge is 0.235 e. The second kappa shape index (κ2) is 9.66. The average molecular weight is 367 g/mol.